The quantitative estimate of drug-likeness (QED) is 0.818. The summed E-state index contributed by atoms with van der Waals surface area (Å²) in [6, 6.07) is 10.2. The van der Waals surface area contributed by atoms with Gasteiger partial charge in [0, 0.05) is 6.07 Å². The van der Waals surface area contributed by atoms with Gasteiger partial charge < -0.3 is 10.4 Å². The summed E-state index contributed by atoms with van der Waals surface area (Å²) in [5.41, 5.74) is 1.13. The number of benzene rings is 1. The number of aliphatic carboxylic acids is 1. The molecule has 6 nitrogen and oxygen atoms in total. The molecule has 0 fully saturated rings. The third-order valence-corrected chi connectivity index (χ3v) is 3.39. The van der Waals surface area contributed by atoms with E-state index in [9.17, 15) is 14.7 Å². The van der Waals surface area contributed by atoms with E-state index in [-0.39, 0.29) is 11.5 Å². The lowest BCUT2D eigenvalue weighted by molar-refractivity contribution is -0.138. The fourth-order valence-electron chi connectivity index (χ4n) is 2.28. The average molecular weight is 315 g/mol. The van der Waals surface area contributed by atoms with E-state index in [2.05, 4.69) is 10.4 Å². The molecule has 0 amide bonds. The topological polar surface area (TPSA) is 84.2 Å². The Bertz CT molecular complexity index is 711. The molecule has 1 heterocycles. The number of anilines is 1. The van der Waals surface area contributed by atoms with Crippen molar-refractivity contribution in [2.45, 2.75) is 32.9 Å². The first-order valence-electron chi connectivity index (χ1n) is 7.56. The van der Waals surface area contributed by atoms with Crippen molar-refractivity contribution in [1.82, 2.24) is 9.78 Å². The maximum absolute atomic E-state index is 12.1. The molecule has 23 heavy (non-hydrogen) atoms. The van der Waals surface area contributed by atoms with Gasteiger partial charge in [-0.25, -0.2) is 9.48 Å². The van der Waals surface area contributed by atoms with Crippen LogP contribution in [-0.2, 0) is 11.3 Å². The second-order valence-corrected chi connectivity index (χ2v) is 5.89. The highest BCUT2D eigenvalue weighted by Crippen LogP contribution is 2.11. The van der Waals surface area contributed by atoms with Crippen LogP contribution in [0.4, 0.5) is 5.69 Å². The zero-order valence-electron chi connectivity index (χ0n) is 13.3. The van der Waals surface area contributed by atoms with Crippen molar-refractivity contribution in [3.05, 3.63) is 58.5 Å². The van der Waals surface area contributed by atoms with Crippen molar-refractivity contribution >= 4 is 11.7 Å². The number of rotatable bonds is 7. The molecule has 122 valence electrons. The van der Waals surface area contributed by atoms with Gasteiger partial charge in [-0.3, -0.25) is 4.79 Å². The van der Waals surface area contributed by atoms with E-state index in [1.807, 2.05) is 44.2 Å². The summed E-state index contributed by atoms with van der Waals surface area (Å²) in [4.78, 5) is 23.4. The van der Waals surface area contributed by atoms with Crippen LogP contribution in [0.2, 0.25) is 0 Å². The standard InChI is InChI=1S/C17H21N3O3/c1-12(2)8-15(17(22)23)19-14-9-16(21)20(18-10-14)11-13-6-4-3-5-7-13/h3-7,9-10,12,15,19H,8,11H2,1-2H3,(H,22,23)/t15-/m1/s1. The van der Waals surface area contributed by atoms with Gasteiger partial charge in [0.15, 0.2) is 0 Å². The molecule has 0 spiro atoms. The van der Waals surface area contributed by atoms with Crippen LogP contribution in [0.1, 0.15) is 25.8 Å². The Hall–Kier alpha value is -2.63. The fraction of sp³-hybridized carbons (Fsp3) is 0.353. The van der Waals surface area contributed by atoms with Gasteiger partial charge in [-0.15, -0.1) is 0 Å². The number of carbonyl (C=O) groups is 1. The van der Waals surface area contributed by atoms with Crippen molar-refractivity contribution in [3.63, 3.8) is 0 Å². The predicted octanol–water partition coefficient (Wildman–Crippen LogP) is 2.20. The van der Waals surface area contributed by atoms with Gasteiger partial charge in [0.05, 0.1) is 18.4 Å². The second kappa shape index (κ2) is 7.58. The molecule has 2 aromatic rings. The molecule has 0 saturated heterocycles. The second-order valence-electron chi connectivity index (χ2n) is 5.89. The van der Waals surface area contributed by atoms with Crippen LogP contribution in [0.15, 0.2) is 47.4 Å². The highest BCUT2D eigenvalue weighted by molar-refractivity contribution is 5.77. The molecular formula is C17H21N3O3. The number of nitrogens with one attached hydrogen (secondary N) is 1. The molecular weight excluding hydrogens is 294 g/mol. The molecule has 0 saturated carbocycles. The van der Waals surface area contributed by atoms with Gasteiger partial charge in [0.2, 0.25) is 0 Å². The number of hydrogen-bond donors (Lipinski definition) is 2. The lowest BCUT2D eigenvalue weighted by Gasteiger charge is -2.17. The molecule has 0 unspecified atom stereocenters. The van der Waals surface area contributed by atoms with E-state index in [0.29, 0.717) is 18.7 Å². The Balaban J connectivity index is 2.12. The molecule has 1 aromatic heterocycles. The Kier molecular flexibility index (Phi) is 5.51. The van der Waals surface area contributed by atoms with Gasteiger partial charge in [0.25, 0.3) is 5.56 Å². The Morgan fingerprint density at radius 2 is 2.00 bits per heavy atom. The van der Waals surface area contributed by atoms with Crippen molar-refractivity contribution < 1.29 is 9.90 Å². The Morgan fingerprint density at radius 1 is 1.30 bits per heavy atom. The van der Waals surface area contributed by atoms with Crippen molar-refractivity contribution in [2.24, 2.45) is 5.92 Å². The van der Waals surface area contributed by atoms with Crippen molar-refractivity contribution in [1.29, 1.82) is 0 Å². The summed E-state index contributed by atoms with van der Waals surface area (Å²) in [5.74, 6) is -0.706. The molecule has 1 atom stereocenters. The van der Waals surface area contributed by atoms with Gasteiger partial charge in [0.1, 0.15) is 6.04 Å². The molecule has 0 bridgehead atoms. The molecule has 2 rings (SSSR count). The smallest absolute Gasteiger partial charge is 0.326 e. The Morgan fingerprint density at radius 3 is 2.57 bits per heavy atom. The van der Waals surface area contributed by atoms with E-state index in [1.54, 1.807) is 0 Å². The summed E-state index contributed by atoms with van der Waals surface area (Å²) in [6.07, 6.45) is 1.96. The highest BCUT2D eigenvalue weighted by Gasteiger charge is 2.19. The maximum Gasteiger partial charge on any atom is 0.326 e. The van der Waals surface area contributed by atoms with E-state index in [0.717, 1.165) is 5.56 Å². The zero-order chi connectivity index (χ0) is 16.8. The fourth-order valence-corrected chi connectivity index (χ4v) is 2.28. The first-order valence-corrected chi connectivity index (χ1v) is 7.56. The third kappa shape index (κ3) is 4.95. The molecule has 0 aliphatic carbocycles. The van der Waals surface area contributed by atoms with Gasteiger partial charge in [-0.05, 0) is 17.9 Å². The Labute approximate surface area is 134 Å². The maximum atomic E-state index is 12.1. The number of hydrogen-bond acceptors (Lipinski definition) is 4. The number of aromatic nitrogens is 2. The number of carboxylic acids is 1. The summed E-state index contributed by atoms with van der Waals surface area (Å²) in [7, 11) is 0. The number of nitrogens with zero attached hydrogens (tertiary/aromatic N) is 2. The van der Waals surface area contributed by atoms with E-state index in [1.165, 1.54) is 16.9 Å². The first-order chi connectivity index (χ1) is 11.0. The van der Waals surface area contributed by atoms with Crippen LogP contribution in [0, 0.1) is 5.92 Å². The van der Waals surface area contributed by atoms with Crippen molar-refractivity contribution in [2.75, 3.05) is 5.32 Å². The van der Waals surface area contributed by atoms with Crippen LogP contribution in [0.5, 0.6) is 0 Å². The van der Waals surface area contributed by atoms with Crippen LogP contribution >= 0.6 is 0 Å². The summed E-state index contributed by atoms with van der Waals surface area (Å²) < 4.78 is 1.35. The lowest BCUT2D eigenvalue weighted by Crippen LogP contribution is -2.32. The minimum atomic E-state index is -0.938. The summed E-state index contributed by atoms with van der Waals surface area (Å²) in [5, 5.41) is 16.2. The molecule has 6 heteroatoms. The minimum Gasteiger partial charge on any atom is -0.480 e. The lowest BCUT2D eigenvalue weighted by atomic mass is 10.0. The van der Waals surface area contributed by atoms with E-state index in [4.69, 9.17) is 0 Å². The summed E-state index contributed by atoms with van der Waals surface area (Å²) in [6.45, 7) is 4.29. The van der Waals surface area contributed by atoms with Gasteiger partial charge >= 0.3 is 5.97 Å². The highest BCUT2D eigenvalue weighted by atomic mass is 16.4. The first kappa shape index (κ1) is 16.7. The van der Waals surface area contributed by atoms with E-state index >= 15 is 0 Å². The molecule has 2 N–H and O–H groups in total. The summed E-state index contributed by atoms with van der Waals surface area (Å²) >= 11 is 0. The predicted molar refractivity (Wildman–Crippen MR) is 88.5 cm³/mol. The van der Waals surface area contributed by atoms with E-state index < -0.39 is 12.0 Å². The monoisotopic (exact) mass is 315 g/mol. The minimum absolute atomic E-state index is 0.231. The SMILES string of the molecule is CC(C)C[C@@H](Nc1cnn(Cc2ccccc2)c(=O)c1)C(=O)O. The van der Waals surface area contributed by atoms with Crippen LogP contribution < -0.4 is 10.9 Å². The van der Waals surface area contributed by atoms with Gasteiger partial charge in [-0.1, -0.05) is 44.2 Å². The van der Waals surface area contributed by atoms with Crippen molar-refractivity contribution in [3.8, 4) is 0 Å². The third-order valence-electron chi connectivity index (χ3n) is 3.39. The zero-order valence-corrected chi connectivity index (χ0v) is 13.3. The average Bonchev–Trinajstić information content (AvgIpc) is 2.50. The van der Waals surface area contributed by atoms with Crippen LogP contribution in [0.25, 0.3) is 0 Å². The molecule has 1 aromatic carbocycles. The van der Waals surface area contributed by atoms with Crippen LogP contribution in [-0.4, -0.2) is 26.9 Å². The normalized spacial score (nSPS) is 12.1. The molecule has 0 aliphatic rings. The van der Waals surface area contributed by atoms with Gasteiger partial charge in [-0.2, -0.15) is 5.10 Å². The molecule has 0 aliphatic heterocycles. The number of carboxylic acid groups (broad SMARTS) is 1. The molecule has 0 radical (unpaired) electrons. The van der Waals surface area contributed by atoms with Crippen LogP contribution in [0.3, 0.4) is 0 Å². The largest absolute Gasteiger partial charge is 0.480 e.